The molecule has 0 radical (unpaired) electrons. The standard InChI is InChI=1S/2C23H26NSSi.3C22H24NSSi/c2*1-15-11-12-20-23(22(15)18-13-16(2)17(3)14-24(18)4)26(5,6)21-10-8-7-9-19(21)25-20;2*1-15-10-12-17(23(3)14-15)21-16(2)11-13-19-22(21)25(4,5)20-9-7-6-8-18(20)24-19;1-15-10-12-17(23(3)14-15)21-16(2)11-13-20-22(21)24-18-8-6-7-9-19(18)25(20,4)5/h2*7-14H,1-6H3;3*6-14H,1-5H3/q5*+1/i3D3;;1D3;;. The summed E-state index contributed by atoms with van der Waals surface area (Å²) in [5, 5.41) is 15.3. The molecule has 0 atom stereocenters. The second-order valence-corrected chi connectivity index (χ2v) is 65.0. The number of hydrogen-bond acceptors (Lipinski definition) is 5. The molecule has 0 amide bonds. The highest BCUT2D eigenvalue weighted by molar-refractivity contribution is 8.01. The molecule has 642 valence electrons. The first kappa shape index (κ1) is 83.4. The molecule has 10 aromatic carbocycles. The van der Waals surface area contributed by atoms with Crippen LogP contribution in [0.4, 0.5) is 0 Å². The number of benzene rings is 10. The lowest BCUT2D eigenvalue weighted by atomic mass is 10.0. The first-order valence-corrected chi connectivity index (χ1v) is 63.3. The van der Waals surface area contributed by atoms with Crippen molar-refractivity contribution in [1.29, 1.82) is 0 Å². The summed E-state index contributed by atoms with van der Waals surface area (Å²) in [6.07, 6.45) is 10.3. The van der Waals surface area contributed by atoms with Gasteiger partial charge in [-0.3, -0.25) is 0 Å². The first-order chi connectivity index (χ1) is 62.7. The fraction of sp³-hybridized carbons (Fsp3) is 0.241. The van der Waals surface area contributed by atoms with Crippen molar-refractivity contribution >= 4 is 151 Å². The van der Waals surface area contributed by atoms with Gasteiger partial charge in [-0.1, -0.05) is 252 Å². The number of nitrogens with zero attached hydrogens (tertiary/aromatic N) is 5. The van der Waals surface area contributed by atoms with Gasteiger partial charge in [0.1, 0.15) is 75.6 Å². The maximum atomic E-state index is 7.85. The molecule has 20 rings (SSSR count). The number of hydrogen-bond donors (Lipinski definition) is 0. The third-order valence-electron chi connectivity index (χ3n) is 27.1. The third-order valence-corrected chi connectivity index (χ3v) is 52.4. The molecule has 5 aromatic heterocycles. The highest BCUT2D eigenvalue weighted by atomic mass is 32.2. The Hall–Kier alpha value is -9.22. The Morgan fingerprint density at radius 3 is 0.819 bits per heavy atom. The number of fused-ring (bicyclic) bond motifs is 10. The minimum atomic E-state index is -2.10. The molecule has 0 N–H and O–H groups in total. The molecular weight excluding hydrogens is 1720 g/mol. The summed E-state index contributed by atoms with van der Waals surface area (Å²) in [4.78, 5) is 14.1. The Kier molecular flexibility index (Phi) is 23.4. The second-order valence-electron chi connectivity index (χ2n) is 38.1. The predicted molar refractivity (Wildman–Crippen MR) is 559 cm³/mol. The van der Waals surface area contributed by atoms with Gasteiger partial charge in [-0.2, -0.15) is 0 Å². The van der Waals surface area contributed by atoms with Gasteiger partial charge in [-0.25, -0.2) is 22.8 Å². The highest BCUT2D eigenvalue weighted by Gasteiger charge is 2.45. The van der Waals surface area contributed by atoms with Gasteiger partial charge in [0, 0.05) is 138 Å². The fourth-order valence-corrected chi connectivity index (χ4v) is 49.2. The highest BCUT2D eigenvalue weighted by Crippen LogP contribution is 2.45. The van der Waals surface area contributed by atoms with Gasteiger partial charge >= 0.3 is 0 Å². The van der Waals surface area contributed by atoms with Crippen molar-refractivity contribution in [1.82, 2.24) is 0 Å². The molecule has 10 heterocycles. The smallest absolute Gasteiger partial charge is 0.201 e. The molecule has 15 aromatic rings. The van der Waals surface area contributed by atoms with E-state index in [1.54, 1.807) is 49.6 Å². The van der Waals surface area contributed by atoms with Crippen LogP contribution in [0.15, 0.2) is 310 Å². The maximum Gasteiger partial charge on any atom is 0.213 e. The largest absolute Gasteiger partial charge is 0.213 e. The Labute approximate surface area is 792 Å². The number of aryl methyl sites for hydroxylation is 17. The van der Waals surface area contributed by atoms with Crippen LogP contribution in [0.3, 0.4) is 0 Å². The topological polar surface area (TPSA) is 19.4 Å². The molecule has 0 aliphatic carbocycles. The lowest BCUT2D eigenvalue weighted by molar-refractivity contribution is -0.660. The van der Waals surface area contributed by atoms with E-state index >= 15 is 0 Å². The van der Waals surface area contributed by atoms with E-state index in [-0.39, 0.29) is 0 Å². The summed E-state index contributed by atoms with van der Waals surface area (Å²) in [7, 11) is 1.36. The summed E-state index contributed by atoms with van der Waals surface area (Å²) in [5.74, 6) is 0. The molecule has 0 saturated carbocycles. The Bertz CT molecular complexity index is 7220. The number of rotatable bonds is 5. The van der Waals surface area contributed by atoms with Crippen molar-refractivity contribution in [2.75, 3.05) is 0 Å². The molecule has 0 unspecified atom stereocenters. The van der Waals surface area contributed by atoms with Gasteiger partial charge < -0.3 is 0 Å². The Morgan fingerprint density at radius 2 is 0.480 bits per heavy atom. The van der Waals surface area contributed by atoms with Crippen LogP contribution in [0, 0.1) is 82.9 Å². The normalized spacial score (nSPS) is 15.6. The summed E-state index contributed by atoms with van der Waals surface area (Å²) >= 11 is 9.54. The third kappa shape index (κ3) is 16.9. The SMILES string of the molecule is Cc1cc(-c2c(C)ccc3c2[Si](C)(C)c2ccccc2S3)[n+](C)cc1C.Cc1ccc(-c2c(C)ccc3c2Sc2ccccc2[Si]3(C)C)[n+](C)c1.Cc1ccc(-c2c(C)ccc3c2[Si](C)(C)c2ccccc2S3)[n+](C)c1.[2H]C([2H])([2H])c1c[n+](C)c(-c2c(C)ccc3c2[Si](C)(C)c2ccccc2S3)cc1C.[2H]C([2H])([2H])c1ccc(-c2c(C)ccc3c2[Si](C)(C)c2ccccc2S3)[n+](C)c1. The molecule has 0 saturated heterocycles. The van der Waals surface area contributed by atoms with E-state index in [1.165, 1.54) is 165 Å². The van der Waals surface area contributed by atoms with Crippen LogP contribution in [0.1, 0.15) is 75.0 Å². The van der Waals surface area contributed by atoms with Crippen LogP contribution < -0.4 is 74.7 Å². The van der Waals surface area contributed by atoms with Crippen LogP contribution >= 0.6 is 58.8 Å². The quantitative estimate of drug-likeness (QED) is 0.126. The number of pyridine rings is 5. The average molecular weight is 1850 g/mol. The number of aromatic nitrogens is 5. The van der Waals surface area contributed by atoms with Gasteiger partial charge in [-0.15, -0.1) is 0 Å². The van der Waals surface area contributed by atoms with Crippen LogP contribution in [0.2, 0.25) is 65.5 Å². The van der Waals surface area contributed by atoms with E-state index in [9.17, 15) is 0 Å². The zero-order valence-corrected chi connectivity index (χ0v) is 87.7. The van der Waals surface area contributed by atoms with Crippen molar-refractivity contribution in [3.8, 4) is 56.3 Å². The zero-order valence-electron chi connectivity index (χ0n) is 84.6. The lowest BCUT2D eigenvalue weighted by Gasteiger charge is -2.34. The fourth-order valence-electron chi connectivity index (χ4n) is 20.1. The molecule has 5 nitrogen and oxygen atoms in total. The summed E-state index contributed by atoms with van der Waals surface area (Å²) in [6.45, 7) is 42.2. The van der Waals surface area contributed by atoms with Crippen LogP contribution in [0.5, 0.6) is 0 Å². The predicted octanol–water partition coefficient (Wildman–Crippen LogP) is 21.0. The van der Waals surface area contributed by atoms with Gasteiger partial charge in [0.25, 0.3) is 0 Å². The van der Waals surface area contributed by atoms with E-state index in [0.717, 1.165) is 17.0 Å². The molecule has 0 fully saturated rings. The van der Waals surface area contributed by atoms with E-state index in [4.69, 9.17) is 8.22 Å². The average Bonchev–Trinajstić information content (AvgIpc) is 0.696. The van der Waals surface area contributed by atoms with Crippen LogP contribution in [0.25, 0.3) is 56.3 Å². The van der Waals surface area contributed by atoms with Gasteiger partial charge in [0.15, 0.2) is 31.0 Å². The van der Waals surface area contributed by atoms with Crippen LogP contribution in [-0.4, -0.2) is 40.4 Å². The molecule has 0 bridgehead atoms. The zero-order chi connectivity index (χ0) is 95.6. The molecule has 5 aliphatic rings. The van der Waals surface area contributed by atoms with Crippen molar-refractivity contribution in [3.05, 3.63) is 328 Å². The molecule has 127 heavy (non-hydrogen) atoms. The van der Waals surface area contributed by atoms with E-state index in [1.807, 2.05) is 95.0 Å². The summed E-state index contributed by atoms with van der Waals surface area (Å²) in [5.41, 5.74) is 26.4. The van der Waals surface area contributed by atoms with Crippen LogP contribution in [-0.2, 0) is 35.2 Å². The van der Waals surface area contributed by atoms with Gasteiger partial charge in [0.2, 0.25) is 28.5 Å². The van der Waals surface area contributed by atoms with Gasteiger partial charge in [-0.05, 0) is 247 Å². The van der Waals surface area contributed by atoms with Crippen molar-refractivity contribution in [2.24, 2.45) is 35.2 Å². The molecule has 0 spiro atoms. The maximum absolute atomic E-state index is 7.85. The van der Waals surface area contributed by atoms with E-state index in [2.05, 4.69) is 400 Å². The lowest BCUT2D eigenvalue weighted by Crippen LogP contribution is -2.57. The minimum Gasteiger partial charge on any atom is -0.201 e. The molecular formula is C112H124N5S5Si5+5. The van der Waals surface area contributed by atoms with E-state index in [0.29, 0.717) is 11.1 Å². The van der Waals surface area contributed by atoms with Gasteiger partial charge in [0.05, 0.1) is 5.56 Å². The van der Waals surface area contributed by atoms with Crippen molar-refractivity contribution in [3.63, 3.8) is 0 Å². The molecule has 15 heteroatoms. The first-order valence-electron chi connectivity index (χ1n) is 47.2. The summed E-state index contributed by atoms with van der Waals surface area (Å²) < 4.78 is 57.5. The second kappa shape index (κ2) is 35.6. The monoisotopic (exact) mass is 1840 g/mol. The summed E-state index contributed by atoms with van der Waals surface area (Å²) in [6, 6.07) is 84.5. The van der Waals surface area contributed by atoms with E-state index < -0.39 is 54.1 Å². The van der Waals surface area contributed by atoms with Crippen molar-refractivity contribution < 1.29 is 31.1 Å². The molecule has 5 aliphatic heterocycles. The van der Waals surface area contributed by atoms with Crippen molar-refractivity contribution in [2.45, 2.75) is 197 Å². The minimum absolute atomic E-state index is 0.373. The Balaban J connectivity index is 0.000000121. The Morgan fingerprint density at radius 1 is 0.213 bits per heavy atom.